The summed E-state index contributed by atoms with van der Waals surface area (Å²) in [6, 6.07) is 14.7. The smallest absolute Gasteiger partial charge is 0.150 e. The number of anilines is 2. The summed E-state index contributed by atoms with van der Waals surface area (Å²) in [6.07, 6.45) is 1.64. The van der Waals surface area contributed by atoms with Crippen molar-refractivity contribution in [1.29, 1.82) is 0 Å². The lowest BCUT2D eigenvalue weighted by molar-refractivity contribution is 0.111. The molecule has 0 N–H and O–H groups in total. The molecule has 0 saturated carbocycles. The highest BCUT2D eigenvalue weighted by Crippen LogP contribution is 2.23. The van der Waals surface area contributed by atoms with Crippen molar-refractivity contribution < 1.29 is 9.59 Å². The molecule has 3 heteroatoms. The molecule has 0 aromatic heterocycles. The number of nitrogens with zero attached hydrogens (tertiary/aromatic N) is 1. The van der Waals surface area contributed by atoms with E-state index >= 15 is 0 Å². The van der Waals surface area contributed by atoms with Gasteiger partial charge in [-0.15, -0.1) is 0 Å². The highest BCUT2D eigenvalue weighted by Gasteiger charge is 2.03. The van der Waals surface area contributed by atoms with Crippen LogP contribution in [0.25, 0.3) is 0 Å². The lowest BCUT2D eigenvalue weighted by Gasteiger charge is -2.19. The van der Waals surface area contributed by atoms with Crippen LogP contribution >= 0.6 is 0 Å². The van der Waals surface area contributed by atoms with Crippen LogP contribution in [-0.4, -0.2) is 19.6 Å². The van der Waals surface area contributed by atoms with Crippen molar-refractivity contribution in [2.75, 3.05) is 11.9 Å². The molecule has 2 rings (SSSR count). The highest BCUT2D eigenvalue weighted by atomic mass is 16.1. The van der Waals surface area contributed by atoms with E-state index in [0.29, 0.717) is 11.1 Å². The maximum atomic E-state index is 10.6. The number of hydrogen-bond acceptors (Lipinski definition) is 3. The third-order valence-corrected chi connectivity index (χ3v) is 2.83. The monoisotopic (exact) mass is 299 g/mol. The van der Waals surface area contributed by atoms with Crippen molar-refractivity contribution in [3.8, 4) is 0 Å². The maximum absolute atomic E-state index is 10.6. The molecule has 0 aliphatic heterocycles. The quantitative estimate of drug-likeness (QED) is 0.734. The molecule has 2 aromatic rings. The van der Waals surface area contributed by atoms with E-state index in [9.17, 15) is 9.59 Å². The molecule has 0 fully saturated rings. The molecule has 0 aliphatic rings. The molecule has 0 heterocycles. The van der Waals surface area contributed by atoms with Crippen molar-refractivity contribution in [2.24, 2.45) is 0 Å². The average molecular weight is 299 g/mol. The highest BCUT2D eigenvalue weighted by molar-refractivity contribution is 5.78. The molecule has 0 atom stereocenters. The summed E-state index contributed by atoms with van der Waals surface area (Å²) in [7, 11) is 1.94. The second-order valence-electron chi connectivity index (χ2n) is 3.98. The molecule has 0 spiro atoms. The minimum atomic E-state index is 0.656. The molecule has 118 valence electrons. The fourth-order valence-corrected chi connectivity index (χ4v) is 1.70. The van der Waals surface area contributed by atoms with Crippen LogP contribution in [-0.2, 0) is 0 Å². The largest absolute Gasteiger partial charge is 0.345 e. The zero-order chi connectivity index (χ0) is 17.0. The molecule has 0 bridgehead atoms. The summed E-state index contributed by atoms with van der Waals surface area (Å²) < 4.78 is 0. The normalized spacial score (nSPS) is 8.59. The minimum absolute atomic E-state index is 0.656. The molecule has 2 aromatic carbocycles. The number of carbonyl (C=O) groups is 2. The van der Waals surface area contributed by atoms with Gasteiger partial charge in [-0.2, -0.15) is 0 Å². The molecular formula is C19H25NO2. The van der Waals surface area contributed by atoms with Gasteiger partial charge in [0.2, 0.25) is 0 Å². The standard InChI is InChI=1S/C15H13NO2.2C2H6/c1-16(14-6-2-12(10-17)3-7-14)15-8-4-13(11-18)5-9-15;2*1-2/h2-11H,1H3;2*1-2H3. The van der Waals surface area contributed by atoms with Gasteiger partial charge in [-0.1, -0.05) is 27.7 Å². The zero-order valence-corrected chi connectivity index (χ0v) is 14.0. The van der Waals surface area contributed by atoms with E-state index in [1.807, 2.05) is 63.9 Å². The fourth-order valence-electron chi connectivity index (χ4n) is 1.70. The average Bonchev–Trinajstić information content (AvgIpc) is 2.64. The predicted molar refractivity (Wildman–Crippen MR) is 94.4 cm³/mol. The van der Waals surface area contributed by atoms with Gasteiger partial charge in [-0.3, -0.25) is 9.59 Å². The van der Waals surface area contributed by atoms with Crippen molar-refractivity contribution in [2.45, 2.75) is 27.7 Å². The molecule has 0 saturated heterocycles. The summed E-state index contributed by atoms with van der Waals surface area (Å²) in [4.78, 5) is 23.2. The Balaban J connectivity index is 0.00000102. The van der Waals surface area contributed by atoms with E-state index < -0.39 is 0 Å². The van der Waals surface area contributed by atoms with Crippen molar-refractivity contribution in [3.05, 3.63) is 59.7 Å². The van der Waals surface area contributed by atoms with Gasteiger partial charge in [-0.25, -0.2) is 0 Å². The van der Waals surface area contributed by atoms with Crippen LogP contribution in [0.4, 0.5) is 11.4 Å². The van der Waals surface area contributed by atoms with Gasteiger partial charge in [0.1, 0.15) is 12.6 Å². The first kappa shape index (κ1) is 19.6. The number of aldehydes is 2. The Kier molecular flexibility index (Phi) is 10.0. The van der Waals surface area contributed by atoms with Gasteiger partial charge in [0.05, 0.1) is 0 Å². The van der Waals surface area contributed by atoms with E-state index in [4.69, 9.17) is 0 Å². The van der Waals surface area contributed by atoms with Crippen LogP contribution in [0.3, 0.4) is 0 Å². The Labute approximate surface area is 133 Å². The van der Waals surface area contributed by atoms with Gasteiger partial charge in [0.25, 0.3) is 0 Å². The summed E-state index contributed by atoms with van der Waals surface area (Å²) in [5, 5.41) is 0. The first-order chi connectivity index (χ1) is 10.7. The lowest BCUT2D eigenvalue weighted by atomic mass is 10.2. The molecular weight excluding hydrogens is 274 g/mol. The Morgan fingerprint density at radius 1 is 0.636 bits per heavy atom. The van der Waals surface area contributed by atoms with Crippen molar-refractivity contribution >= 4 is 23.9 Å². The van der Waals surface area contributed by atoms with Crippen molar-refractivity contribution in [3.63, 3.8) is 0 Å². The van der Waals surface area contributed by atoms with E-state index in [1.54, 1.807) is 24.3 Å². The zero-order valence-electron chi connectivity index (χ0n) is 14.0. The van der Waals surface area contributed by atoms with E-state index in [-0.39, 0.29) is 0 Å². The summed E-state index contributed by atoms with van der Waals surface area (Å²) in [5.41, 5.74) is 3.28. The first-order valence-electron chi connectivity index (χ1n) is 7.59. The Hall–Kier alpha value is -2.42. The summed E-state index contributed by atoms with van der Waals surface area (Å²) in [5.74, 6) is 0. The SMILES string of the molecule is CC.CC.CN(c1ccc(C=O)cc1)c1ccc(C=O)cc1. The molecule has 3 nitrogen and oxygen atoms in total. The van der Waals surface area contributed by atoms with Crippen LogP contribution < -0.4 is 4.90 Å². The van der Waals surface area contributed by atoms with Gasteiger partial charge in [-0.05, 0) is 48.5 Å². The fraction of sp³-hybridized carbons (Fsp3) is 0.263. The Morgan fingerprint density at radius 2 is 0.909 bits per heavy atom. The number of carbonyl (C=O) groups excluding carboxylic acids is 2. The molecule has 0 radical (unpaired) electrons. The molecule has 0 unspecified atom stereocenters. The Bertz CT molecular complexity index is 493. The van der Waals surface area contributed by atoms with E-state index in [2.05, 4.69) is 0 Å². The second-order valence-corrected chi connectivity index (χ2v) is 3.98. The minimum Gasteiger partial charge on any atom is -0.345 e. The van der Waals surface area contributed by atoms with Gasteiger partial charge < -0.3 is 4.90 Å². The van der Waals surface area contributed by atoms with Gasteiger partial charge in [0.15, 0.2) is 0 Å². The van der Waals surface area contributed by atoms with Gasteiger partial charge in [0, 0.05) is 29.5 Å². The Morgan fingerprint density at radius 3 is 1.14 bits per heavy atom. The van der Waals surface area contributed by atoms with Crippen molar-refractivity contribution in [1.82, 2.24) is 0 Å². The number of rotatable bonds is 4. The summed E-state index contributed by atoms with van der Waals surface area (Å²) in [6.45, 7) is 8.00. The van der Waals surface area contributed by atoms with E-state index in [0.717, 1.165) is 23.9 Å². The number of hydrogen-bond donors (Lipinski definition) is 0. The third kappa shape index (κ3) is 5.52. The topological polar surface area (TPSA) is 37.4 Å². The first-order valence-corrected chi connectivity index (χ1v) is 7.59. The third-order valence-electron chi connectivity index (χ3n) is 2.83. The van der Waals surface area contributed by atoms with Crippen LogP contribution in [0.2, 0.25) is 0 Å². The van der Waals surface area contributed by atoms with Gasteiger partial charge >= 0.3 is 0 Å². The van der Waals surface area contributed by atoms with Crippen LogP contribution in [0.5, 0.6) is 0 Å². The predicted octanol–water partition coefficient (Wildman–Crippen LogP) is 5.13. The van der Waals surface area contributed by atoms with E-state index in [1.165, 1.54) is 0 Å². The number of benzene rings is 2. The molecule has 0 aliphatic carbocycles. The van der Waals surface area contributed by atoms with Crippen LogP contribution in [0.15, 0.2) is 48.5 Å². The molecule has 22 heavy (non-hydrogen) atoms. The lowest BCUT2D eigenvalue weighted by Crippen LogP contribution is -2.09. The van der Waals surface area contributed by atoms with Crippen LogP contribution in [0.1, 0.15) is 48.4 Å². The summed E-state index contributed by atoms with van der Waals surface area (Å²) >= 11 is 0. The maximum Gasteiger partial charge on any atom is 0.150 e. The molecule has 0 amide bonds. The van der Waals surface area contributed by atoms with Crippen LogP contribution in [0, 0.1) is 0 Å². The second kappa shape index (κ2) is 11.3.